The molecule has 0 spiro atoms. The third kappa shape index (κ3) is 2.91. The van der Waals surface area contributed by atoms with Gasteiger partial charge in [-0.05, 0) is 0 Å². The van der Waals surface area contributed by atoms with Crippen LogP contribution in [0.3, 0.4) is 0 Å². The molecule has 0 aromatic rings. The van der Waals surface area contributed by atoms with Crippen LogP contribution in [0.15, 0.2) is 43.1 Å². The minimum absolute atomic E-state index is 0. The van der Waals surface area contributed by atoms with Crippen LogP contribution in [0.4, 0.5) is 0 Å². The van der Waals surface area contributed by atoms with Gasteiger partial charge in [-0.1, -0.05) is 0 Å². The summed E-state index contributed by atoms with van der Waals surface area (Å²) in [4.78, 5) is 0. The standard InChI is InChI=1S/2C5H5.4CH3.2ClH.Hf.2H2Si/c2*1-2-4-5-3-1;;;;;;;;;/h2*1-3H,4H2;4*1H3;2*1H;;2*1H2. The third-order valence-corrected chi connectivity index (χ3v) is 50.2. The number of allylic oxidation sites excluding steroid dienone is 8. The molecule has 0 bridgehead atoms. The predicted octanol–water partition coefficient (Wildman–Crippen LogP) is 4.10. The Bertz CT molecular complexity index is 742. The molecule has 0 fully saturated rings. The van der Waals surface area contributed by atoms with E-state index in [0.29, 0.717) is 0 Å². The molecule has 0 aromatic heterocycles. The number of hydrogen-bond acceptors (Lipinski definition) is 0. The van der Waals surface area contributed by atoms with Gasteiger partial charge in [-0.25, -0.2) is 0 Å². The second-order valence-electron chi connectivity index (χ2n) is 11.6. The van der Waals surface area contributed by atoms with Crippen molar-refractivity contribution in [2.24, 2.45) is 0 Å². The molecule has 2 aliphatic rings. The van der Waals surface area contributed by atoms with Crippen molar-refractivity contribution >= 4 is 38.7 Å². The van der Waals surface area contributed by atoms with Gasteiger partial charge in [0.05, 0.1) is 0 Å². The summed E-state index contributed by atoms with van der Waals surface area (Å²) in [5, 5.41) is 0. The summed E-state index contributed by atoms with van der Waals surface area (Å²) >= 11 is -4.39. The van der Waals surface area contributed by atoms with Crippen molar-refractivity contribution in [3.63, 3.8) is 0 Å². The average Bonchev–Trinajstić information content (AvgIpc) is 2.76. The van der Waals surface area contributed by atoms with E-state index < -0.39 is 11.3 Å². The van der Waals surface area contributed by atoms with Crippen molar-refractivity contribution in [2.45, 2.75) is 31.6 Å². The molecule has 0 heterocycles. The molecule has 0 amide bonds. The van der Waals surface area contributed by atoms with Gasteiger partial charge in [0.15, 0.2) is 0 Å². The summed E-state index contributed by atoms with van der Waals surface area (Å²) in [5.74, 6) is 0. The van der Waals surface area contributed by atoms with Crippen LogP contribution in [0.1, 0.15) is 12.8 Å². The summed E-state index contributed by atoms with van der Waals surface area (Å²) in [7, 11) is 0. The van der Waals surface area contributed by atoms with Crippen molar-refractivity contribution in [3.8, 4) is 0 Å². The summed E-state index contributed by atoms with van der Waals surface area (Å²) in [5.41, 5.74) is 0. The Labute approximate surface area is 123 Å². The van der Waals surface area contributed by atoms with Crippen molar-refractivity contribution in [2.75, 3.05) is 0 Å². The Morgan fingerprint density at radius 2 is 1.11 bits per heavy atom. The molecule has 110 valence electrons. The van der Waals surface area contributed by atoms with E-state index in [2.05, 4.69) is 69.1 Å². The molecule has 2 rings (SSSR count). The zero-order valence-corrected chi connectivity index (χ0v) is 20.7. The van der Waals surface area contributed by atoms with E-state index >= 15 is 0 Å². The van der Waals surface area contributed by atoms with E-state index in [9.17, 15) is 0 Å². The Balaban J connectivity index is 0.00000162. The molecule has 5 heteroatoms. The van der Waals surface area contributed by atoms with Gasteiger partial charge in [-0.3, -0.25) is 0 Å². The second kappa shape index (κ2) is 3.27. The first kappa shape index (κ1) is 19.8. The maximum atomic E-state index is 2.62. The van der Waals surface area contributed by atoms with E-state index in [1.165, 1.54) is 0 Å². The summed E-state index contributed by atoms with van der Waals surface area (Å²) < 4.78 is 13.8. The summed E-state index contributed by atoms with van der Waals surface area (Å²) in [6.45, 7) is 4.67. The van der Waals surface area contributed by atoms with Gasteiger partial charge in [0.1, 0.15) is 0 Å². The zero-order valence-electron chi connectivity index (χ0n) is 12.6. The Morgan fingerprint density at radius 1 is 0.789 bits per heavy atom. The minimum atomic E-state index is -4.39. The fourth-order valence-corrected chi connectivity index (χ4v) is 30.7. The first-order chi connectivity index (χ1) is 7.16. The fourth-order valence-electron chi connectivity index (χ4n) is 3.29. The molecule has 19 heavy (non-hydrogen) atoms. The topological polar surface area (TPSA) is 0 Å². The Morgan fingerprint density at radius 3 is 1.32 bits per heavy atom. The van der Waals surface area contributed by atoms with Gasteiger partial charge >= 0.3 is 99.9 Å². The molecular weight excluding hydrogens is 474 g/mol. The molecule has 0 saturated carbocycles. The van der Waals surface area contributed by atoms with Crippen LogP contribution in [0.25, 0.3) is 0 Å². The maximum absolute atomic E-state index is 4.39. The molecule has 0 saturated heterocycles. The first-order valence-electron chi connectivity index (χ1n) is 6.64. The van der Waals surface area contributed by atoms with Crippen molar-refractivity contribution in [1.82, 2.24) is 0 Å². The van der Waals surface area contributed by atoms with Gasteiger partial charge in [0.2, 0.25) is 0 Å². The van der Waals surface area contributed by atoms with E-state index in [1.807, 2.05) is 0 Å². The molecule has 0 atom stereocenters. The van der Waals surface area contributed by atoms with Crippen molar-refractivity contribution < 1.29 is 11.3 Å². The molecule has 0 aromatic carbocycles. The molecule has 0 nitrogen and oxygen atoms in total. The third-order valence-electron chi connectivity index (χ3n) is 5.34. The fraction of sp³-hybridized carbons (Fsp3) is 0.429. The summed E-state index contributed by atoms with van der Waals surface area (Å²) in [6, 6.07) is 0. The van der Waals surface area contributed by atoms with Gasteiger partial charge in [-0.2, -0.15) is 0 Å². The molecule has 0 radical (unpaired) electrons. The van der Waals surface area contributed by atoms with Crippen LogP contribution in [0.2, 0.25) is 18.7 Å². The van der Waals surface area contributed by atoms with E-state index in [1.54, 1.807) is 6.66 Å². The predicted molar refractivity (Wildman–Crippen MR) is 98.7 cm³/mol. The summed E-state index contributed by atoms with van der Waals surface area (Å²) in [6.07, 6.45) is 16.2. The zero-order chi connectivity index (χ0) is 13.2. The number of rotatable bonds is 2. The van der Waals surface area contributed by atoms with E-state index in [0.717, 1.165) is 12.8 Å². The quantitative estimate of drug-likeness (QED) is 0.500. The van der Waals surface area contributed by atoms with E-state index in [4.69, 9.17) is 0 Å². The van der Waals surface area contributed by atoms with Crippen LogP contribution in [-0.4, -0.2) is 13.9 Å². The average molecular weight is 502 g/mol. The van der Waals surface area contributed by atoms with Crippen LogP contribution in [-0.2, 0) is 11.3 Å². The van der Waals surface area contributed by atoms with Crippen LogP contribution in [0, 0.1) is 0 Å². The van der Waals surface area contributed by atoms with Crippen LogP contribution < -0.4 is 0 Å². The Hall–Kier alpha value is 0.844. The normalized spacial score (nSPS) is 25.7. The van der Waals surface area contributed by atoms with E-state index in [-0.39, 0.29) is 24.8 Å². The van der Waals surface area contributed by atoms with Crippen LogP contribution in [0.5, 0.6) is 0 Å². The molecule has 2 aliphatic carbocycles. The Kier molecular flexibility index (Phi) is 3.41. The van der Waals surface area contributed by atoms with Gasteiger partial charge in [0, 0.05) is 0 Å². The number of halogens is 2. The number of hydrogen-bond donors (Lipinski definition) is 0. The van der Waals surface area contributed by atoms with Crippen LogP contribution >= 0.6 is 24.8 Å². The van der Waals surface area contributed by atoms with Crippen molar-refractivity contribution in [1.29, 1.82) is 0 Å². The molecule has 0 aliphatic heterocycles. The van der Waals surface area contributed by atoms with Gasteiger partial charge in [-0.15, -0.1) is 24.8 Å². The second-order valence-corrected chi connectivity index (χ2v) is 154. The van der Waals surface area contributed by atoms with Gasteiger partial charge in [0.25, 0.3) is 0 Å². The molecule has 0 N–H and O–H groups in total. The molecular formula is C14H28Cl2HfSi2. The monoisotopic (exact) mass is 502 g/mol. The first-order valence-corrected chi connectivity index (χ1v) is 41.3. The molecule has 0 unspecified atom stereocenters. The van der Waals surface area contributed by atoms with Crippen molar-refractivity contribution in [3.05, 3.63) is 43.1 Å². The van der Waals surface area contributed by atoms with Gasteiger partial charge < -0.3 is 0 Å². The SMILES string of the molecule is Cl.Cl.[CH3][Hf]([CH3])([CH3])([CH3])(=[SiH2])(=[SiH2])([C]1=CC=CC1)[C]1=CC=CC1.